The summed E-state index contributed by atoms with van der Waals surface area (Å²) >= 11 is 0. The van der Waals surface area contributed by atoms with E-state index in [4.69, 9.17) is 4.74 Å². The number of cyclic esters (lactones) is 1. The Bertz CT molecular complexity index is 408. The Balaban J connectivity index is 1.93. The number of esters is 1. The Morgan fingerprint density at radius 1 is 1.47 bits per heavy atom. The van der Waals surface area contributed by atoms with Crippen molar-refractivity contribution >= 4 is 11.9 Å². The fraction of sp³-hybridized carbons (Fsp3) is 0.800. The molecule has 94 valence electrons. The molecule has 0 aromatic rings. The van der Waals surface area contributed by atoms with Crippen LogP contribution in [0.15, 0.2) is 0 Å². The molecule has 1 spiro atoms. The van der Waals surface area contributed by atoms with Crippen LogP contribution >= 0.6 is 0 Å². The van der Waals surface area contributed by atoms with Gasteiger partial charge < -0.3 is 9.64 Å². The highest BCUT2D eigenvalue weighted by Gasteiger charge is 2.71. The minimum Gasteiger partial charge on any atom is -0.463 e. The number of hydrogen-bond acceptors (Lipinski definition) is 3. The predicted molar refractivity (Wildman–Crippen MR) is 47.7 cm³/mol. The van der Waals surface area contributed by atoms with Gasteiger partial charge in [0, 0.05) is 6.54 Å². The molecule has 0 bridgehead atoms. The van der Waals surface area contributed by atoms with Crippen molar-refractivity contribution in [3.8, 4) is 0 Å². The third-order valence-electron chi connectivity index (χ3n) is 4.25. The van der Waals surface area contributed by atoms with Crippen LogP contribution < -0.4 is 0 Å². The Labute approximate surface area is 94.7 Å². The van der Waals surface area contributed by atoms with Gasteiger partial charge in [-0.3, -0.25) is 9.59 Å². The van der Waals surface area contributed by atoms with E-state index >= 15 is 0 Å². The van der Waals surface area contributed by atoms with Crippen LogP contribution in [-0.2, 0) is 14.3 Å². The van der Waals surface area contributed by atoms with Gasteiger partial charge in [0.25, 0.3) is 0 Å². The maximum atomic E-state index is 12.5. The minimum atomic E-state index is -4.88. The highest BCUT2D eigenvalue weighted by Crippen LogP contribution is 2.58. The van der Waals surface area contributed by atoms with Crippen molar-refractivity contribution in [3.63, 3.8) is 0 Å². The van der Waals surface area contributed by atoms with Crippen molar-refractivity contribution in [2.45, 2.75) is 24.6 Å². The van der Waals surface area contributed by atoms with E-state index in [9.17, 15) is 22.8 Å². The van der Waals surface area contributed by atoms with Crippen molar-refractivity contribution in [2.75, 3.05) is 13.2 Å². The van der Waals surface area contributed by atoms with E-state index in [1.54, 1.807) is 0 Å². The molecule has 3 aliphatic rings. The summed E-state index contributed by atoms with van der Waals surface area (Å²) in [7, 11) is 0. The van der Waals surface area contributed by atoms with Gasteiger partial charge >= 0.3 is 18.1 Å². The average molecular weight is 249 g/mol. The van der Waals surface area contributed by atoms with Crippen molar-refractivity contribution in [2.24, 2.45) is 11.8 Å². The molecule has 0 unspecified atom stereocenters. The number of halogens is 3. The molecule has 7 heteroatoms. The quantitative estimate of drug-likeness (QED) is 0.594. The molecule has 1 amide bonds. The first-order valence-corrected chi connectivity index (χ1v) is 5.43. The normalized spacial score (nSPS) is 39.5. The molecular formula is C10H10F3NO3. The molecule has 3 rings (SSSR count). The Kier molecular flexibility index (Phi) is 1.88. The van der Waals surface area contributed by atoms with Crippen LogP contribution in [0.5, 0.6) is 0 Å². The second-order valence-corrected chi connectivity index (χ2v) is 4.83. The molecule has 4 nitrogen and oxygen atoms in total. The lowest BCUT2D eigenvalue weighted by molar-refractivity contribution is -0.195. The lowest BCUT2D eigenvalue weighted by Crippen LogP contribution is -2.64. The number of carbonyl (C=O) groups excluding carboxylic acids is 2. The van der Waals surface area contributed by atoms with E-state index in [0.717, 1.165) is 4.90 Å². The number of ether oxygens (including phenoxy) is 1. The standard InChI is InChI=1S/C10H10F3NO3/c11-10(12,13)8(16)14-2-1-5-3-6-7(15)17-4-9(5,6)14/h5-6H,1-4H2/t5-,6+,9-/m1/s1. The maximum Gasteiger partial charge on any atom is 0.471 e. The molecule has 1 saturated carbocycles. The van der Waals surface area contributed by atoms with E-state index in [-0.39, 0.29) is 19.1 Å². The average Bonchev–Trinajstić information content (AvgIpc) is 2.61. The summed E-state index contributed by atoms with van der Waals surface area (Å²) in [4.78, 5) is 23.5. The second-order valence-electron chi connectivity index (χ2n) is 4.83. The van der Waals surface area contributed by atoms with Crippen molar-refractivity contribution < 1.29 is 27.5 Å². The van der Waals surface area contributed by atoms with Crippen molar-refractivity contribution in [1.82, 2.24) is 4.90 Å². The molecule has 0 aromatic heterocycles. The van der Waals surface area contributed by atoms with Crippen molar-refractivity contribution in [1.29, 1.82) is 0 Å². The number of likely N-dealkylation sites (tertiary alicyclic amines) is 1. The molecule has 0 aromatic carbocycles. The number of nitrogens with zero attached hydrogens (tertiary/aromatic N) is 1. The summed E-state index contributed by atoms with van der Waals surface area (Å²) in [5.74, 6) is -2.89. The zero-order valence-corrected chi connectivity index (χ0v) is 8.79. The number of alkyl halides is 3. The first kappa shape index (κ1) is 10.9. The van der Waals surface area contributed by atoms with Crippen LogP contribution in [0.1, 0.15) is 12.8 Å². The largest absolute Gasteiger partial charge is 0.471 e. The van der Waals surface area contributed by atoms with Gasteiger partial charge in [0.05, 0.1) is 11.5 Å². The van der Waals surface area contributed by atoms with E-state index < -0.39 is 29.5 Å². The number of hydrogen-bond donors (Lipinski definition) is 0. The molecule has 0 N–H and O–H groups in total. The number of amides is 1. The van der Waals surface area contributed by atoms with E-state index in [2.05, 4.69) is 0 Å². The van der Waals surface area contributed by atoms with Gasteiger partial charge in [0.1, 0.15) is 6.61 Å². The molecule has 3 fully saturated rings. The third-order valence-corrected chi connectivity index (χ3v) is 4.25. The van der Waals surface area contributed by atoms with Crippen LogP contribution in [0.2, 0.25) is 0 Å². The summed E-state index contributed by atoms with van der Waals surface area (Å²) in [5.41, 5.74) is -0.996. The smallest absolute Gasteiger partial charge is 0.463 e. The fourth-order valence-corrected chi connectivity index (χ4v) is 3.41. The number of carbonyl (C=O) groups is 2. The molecule has 2 aliphatic heterocycles. The first-order valence-electron chi connectivity index (χ1n) is 5.43. The second kappa shape index (κ2) is 2.94. The van der Waals surface area contributed by atoms with Gasteiger partial charge in [-0.2, -0.15) is 13.2 Å². The van der Waals surface area contributed by atoms with Crippen LogP contribution in [-0.4, -0.2) is 41.6 Å². The Morgan fingerprint density at radius 2 is 2.18 bits per heavy atom. The van der Waals surface area contributed by atoms with Crippen LogP contribution in [0.4, 0.5) is 13.2 Å². The summed E-state index contributed by atoms with van der Waals surface area (Å²) < 4.78 is 42.2. The molecule has 2 saturated heterocycles. The zero-order valence-electron chi connectivity index (χ0n) is 8.79. The molecular weight excluding hydrogens is 239 g/mol. The van der Waals surface area contributed by atoms with Gasteiger partial charge in [-0.25, -0.2) is 0 Å². The van der Waals surface area contributed by atoms with Crippen LogP contribution in [0.25, 0.3) is 0 Å². The summed E-state index contributed by atoms with van der Waals surface area (Å²) in [6, 6.07) is 0. The minimum absolute atomic E-state index is 0.0229. The van der Waals surface area contributed by atoms with Crippen LogP contribution in [0.3, 0.4) is 0 Å². The van der Waals surface area contributed by atoms with E-state index in [1.807, 2.05) is 0 Å². The van der Waals surface area contributed by atoms with Crippen molar-refractivity contribution in [3.05, 3.63) is 0 Å². The van der Waals surface area contributed by atoms with Gasteiger partial charge in [0.2, 0.25) is 0 Å². The summed E-state index contributed by atoms with van der Waals surface area (Å²) in [6.45, 7) is -0.0147. The monoisotopic (exact) mass is 249 g/mol. The molecule has 1 aliphatic carbocycles. The summed E-state index contributed by atoms with van der Waals surface area (Å²) in [5, 5.41) is 0. The molecule has 3 atom stereocenters. The van der Waals surface area contributed by atoms with Gasteiger partial charge in [-0.05, 0) is 18.8 Å². The zero-order chi connectivity index (χ0) is 12.4. The van der Waals surface area contributed by atoms with E-state index in [0.29, 0.717) is 12.8 Å². The maximum absolute atomic E-state index is 12.5. The topological polar surface area (TPSA) is 46.6 Å². The first-order chi connectivity index (χ1) is 7.87. The predicted octanol–water partition coefficient (Wildman–Crippen LogP) is 0.713. The number of rotatable bonds is 0. The highest BCUT2D eigenvalue weighted by molar-refractivity contribution is 5.87. The third kappa shape index (κ3) is 1.14. The fourth-order valence-electron chi connectivity index (χ4n) is 3.41. The Hall–Kier alpha value is -1.27. The highest BCUT2D eigenvalue weighted by atomic mass is 19.4. The Morgan fingerprint density at radius 3 is 2.76 bits per heavy atom. The van der Waals surface area contributed by atoms with Gasteiger partial charge in [0.15, 0.2) is 0 Å². The summed E-state index contributed by atoms with van der Waals surface area (Å²) in [6.07, 6.45) is -3.81. The van der Waals surface area contributed by atoms with Gasteiger partial charge in [-0.1, -0.05) is 0 Å². The molecule has 0 radical (unpaired) electrons. The lowest BCUT2D eigenvalue weighted by Gasteiger charge is -2.49. The van der Waals surface area contributed by atoms with E-state index in [1.165, 1.54) is 0 Å². The lowest BCUT2D eigenvalue weighted by atomic mass is 9.60. The molecule has 17 heavy (non-hydrogen) atoms. The molecule has 2 heterocycles. The van der Waals surface area contributed by atoms with Crippen LogP contribution in [0, 0.1) is 11.8 Å². The SMILES string of the molecule is O=C1OC[C@]23[C@H](CCN2C(=O)C(F)(F)F)C[C@@H]13. The van der Waals surface area contributed by atoms with Gasteiger partial charge in [-0.15, -0.1) is 0 Å².